The maximum absolute atomic E-state index is 5.53. The quantitative estimate of drug-likeness (QED) is 0.420. The molecule has 0 radical (unpaired) electrons. The van der Waals surface area contributed by atoms with Crippen molar-refractivity contribution in [2.75, 3.05) is 14.2 Å². The van der Waals surface area contributed by atoms with Crippen LogP contribution in [0.5, 0.6) is 11.5 Å². The molecule has 0 aliphatic heterocycles. The van der Waals surface area contributed by atoms with Crippen LogP contribution in [0.4, 0.5) is 0 Å². The Bertz CT molecular complexity index is 804. The number of ether oxygens (including phenoxy) is 2. The number of hydrogen-bond donors (Lipinski definition) is 0. The number of aromatic nitrogens is 2. The van der Waals surface area contributed by atoms with Crippen LogP contribution in [0.3, 0.4) is 0 Å². The molecule has 7 heteroatoms. The predicted octanol–water partition coefficient (Wildman–Crippen LogP) is 5.30. The number of nitrogens with zero attached hydrogens (tertiary/aromatic N) is 2. The fourth-order valence-electron chi connectivity index (χ4n) is 2.71. The van der Waals surface area contributed by atoms with E-state index < -0.39 is 0 Å². The molecule has 0 aliphatic carbocycles. The molecule has 0 N–H and O–H groups in total. The first-order valence-electron chi connectivity index (χ1n) is 7.79. The van der Waals surface area contributed by atoms with Gasteiger partial charge >= 0.3 is 33.0 Å². The van der Waals surface area contributed by atoms with Gasteiger partial charge in [-0.3, -0.25) is 9.97 Å². The summed E-state index contributed by atoms with van der Waals surface area (Å²) in [5, 5.41) is 1.96. The normalized spacial score (nSPS) is 10.6. The van der Waals surface area contributed by atoms with E-state index in [2.05, 4.69) is 13.8 Å². The van der Waals surface area contributed by atoms with E-state index in [1.165, 1.54) is 0 Å². The molecular weight excluding hydrogens is 406 g/mol. The van der Waals surface area contributed by atoms with E-state index in [1.807, 2.05) is 24.3 Å². The van der Waals surface area contributed by atoms with Gasteiger partial charge in [0, 0.05) is 34.3 Å². The van der Waals surface area contributed by atoms with Crippen molar-refractivity contribution >= 4 is 42.2 Å². The molecule has 25 heavy (non-hydrogen) atoms. The van der Waals surface area contributed by atoms with Gasteiger partial charge in [0.15, 0.2) is 0 Å². The zero-order valence-corrected chi connectivity index (χ0v) is 17.0. The summed E-state index contributed by atoms with van der Waals surface area (Å²) in [4.78, 5) is 9.57. The zero-order valence-electron chi connectivity index (χ0n) is 14.5. The number of rotatable bonds is 4. The van der Waals surface area contributed by atoms with Crippen molar-refractivity contribution < 1.29 is 22.1 Å². The first kappa shape index (κ1) is 20.0. The molecule has 0 unspecified atom stereocenters. The molecule has 2 heterocycles. The summed E-state index contributed by atoms with van der Waals surface area (Å²) in [5.41, 5.74) is 3.75. The molecule has 0 spiro atoms. The van der Waals surface area contributed by atoms with Crippen molar-refractivity contribution in [1.29, 1.82) is 0 Å². The molecule has 0 saturated heterocycles. The van der Waals surface area contributed by atoms with Gasteiger partial charge in [-0.1, -0.05) is 13.8 Å². The van der Waals surface area contributed by atoms with E-state index in [1.54, 1.807) is 14.2 Å². The Morgan fingerprint density at radius 1 is 0.840 bits per heavy atom. The third kappa shape index (κ3) is 4.28. The van der Waals surface area contributed by atoms with Gasteiger partial charge in [0.2, 0.25) is 0 Å². The third-order valence-corrected chi connectivity index (χ3v) is 3.95. The van der Waals surface area contributed by atoms with E-state index in [-0.39, 0.29) is 0 Å². The molecule has 4 nitrogen and oxygen atoms in total. The Morgan fingerprint density at radius 2 is 1.20 bits per heavy atom. The number of fused-ring (bicyclic) bond motifs is 3. The number of hydrogen-bond acceptors (Lipinski definition) is 4. The van der Waals surface area contributed by atoms with Gasteiger partial charge in [-0.05, 0) is 25.0 Å². The van der Waals surface area contributed by atoms with Crippen molar-refractivity contribution in [3.8, 4) is 11.5 Å². The summed E-state index contributed by atoms with van der Waals surface area (Å²) in [7, 11) is 12.8. The van der Waals surface area contributed by atoms with Crippen molar-refractivity contribution in [2.24, 2.45) is 0 Å². The molecule has 3 rings (SSSR count). The molecule has 0 fully saturated rings. The van der Waals surface area contributed by atoms with Gasteiger partial charge in [0.05, 0.1) is 14.2 Å². The van der Waals surface area contributed by atoms with Gasteiger partial charge in [0.1, 0.15) is 22.5 Å². The average Bonchev–Trinajstić information content (AvgIpc) is 2.66. The van der Waals surface area contributed by atoms with Crippen LogP contribution in [0.15, 0.2) is 24.3 Å². The summed E-state index contributed by atoms with van der Waals surface area (Å²) in [5.74, 6) is 1.68. The molecule has 1 aromatic carbocycles. The molecule has 0 bridgehead atoms. The van der Waals surface area contributed by atoms with Gasteiger partial charge in [-0.25, -0.2) is 0 Å². The van der Waals surface area contributed by atoms with E-state index in [9.17, 15) is 0 Å². The average molecular weight is 426 g/mol. The third-order valence-electron chi connectivity index (χ3n) is 3.95. The number of methoxy groups -OCH3 is 2. The van der Waals surface area contributed by atoms with Crippen molar-refractivity contribution in [3.05, 3.63) is 35.7 Å². The SMILES string of the molecule is CCc1cc(OC)c2ccc3c(OC)cc(CC)nc3c2n1.[Cl][Ni][Cl]. The second-order valence-corrected chi connectivity index (χ2v) is 6.87. The van der Waals surface area contributed by atoms with Crippen LogP contribution in [-0.2, 0) is 25.5 Å². The standard InChI is InChI=1S/C18H20N2O2.2ClH.Ni/c1-5-11-9-15(21-3)13-7-8-14-16(22-4)10-12(6-2)20-18(14)17(13)19-11;;;/h7-10H,5-6H2,1-4H3;2*1H;/q;;;+2/p-2. The monoisotopic (exact) mass is 424 g/mol. The fourth-order valence-corrected chi connectivity index (χ4v) is 2.71. The maximum atomic E-state index is 5.53. The summed E-state index contributed by atoms with van der Waals surface area (Å²) in [6.07, 6.45) is 1.71. The van der Waals surface area contributed by atoms with E-state index in [4.69, 9.17) is 39.8 Å². The Morgan fingerprint density at radius 3 is 1.48 bits per heavy atom. The molecule has 0 aliphatic rings. The second kappa shape index (κ2) is 9.42. The summed E-state index contributed by atoms with van der Waals surface area (Å²) in [6.45, 7) is 4.18. The van der Waals surface area contributed by atoms with Crippen LogP contribution >= 0.6 is 20.4 Å². The second-order valence-electron chi connectivity index (χ2n) is 5.24. The van der Waals surface area contributed by atoms with Gasteiger partial charge in [0.25, 0.3) is 0 Å². The van der Waals surface area contributed by atoms with Crippen LogP contribution in [0.2, 0.25) is 0 Å². The Hall–Kier alpha value is -1.29. The van der Waals surface area contributed by atoms with Crippen LogP contribution < -0.4 is 9.47 Å². The topological polar surface area (TPSA) is 44.2 Å². The first-order chi connectivity index (χ1) is 12.1. The predicted molar refractivity (Wildman–Crippen MR) is 101 cm³/mol. The molecule has 0 atom stereocenters. The summed E-state index contributed by atoms with van der Waals surface area (Å²) in [6, 6.07) is 8.04. The summed E-state index contributed by atoms with van der Waals surface area (Å²) >= 11 is 0.569. The van der Waals surface area contributed by atoms with Gasteiger partial charge in [-0.15, -0.1) is 0 Å². The molecule has 138 valence electrons. The Labute approximate surface area is 162 Å². The van der Waals surface area contributed by atoms with Gasteiger partial charge in [-0.2, -0.15) is 0 Å². The molecule has 3 aromatic rings. The minimum absolute atomic E-state index is 0.569. The molecule has 0 saturated carbocycles. The number of pyridine rings is 2. The number of aryl methyl sites for hydroxylation is 2. The van der Waals surface area contributed by atoms with Crippen LogP contribution in [0.25, 0.3) is 21.8 Å². The van der Waals surface area contributed by atoms with Crippen molar-refractivity contribution in [3.63, 3.8) is 0 Å². The van der Waals surface area contributed by atoms with E-state index >= 15 is 0 Å². The number of halogens is 2. The minimum atomic E-state index is 0.569. The van der Waals surface area contributed by atoms with Crippen LogP contribution in [0.1, 0.15) is 25.2 Å². The Kier molecular flexibility index (Phi) is 7.55. The molecular formula is C18H20Cl2N2NiO2. The fraction of sp³-hybridized carbons (Fsp3) is 0.333. The zero-order chi connectivity index (χ0) is 18.4. The molecule has 0 amide bonds. The van der Waals surface area contributed by atoms with E-state index in [0.717, 1.165) is 57.5 Å². The van der Waals surface area contributed by atoms with Crippen LogP contribution in [-0.4, -0.2) is 24.2 Å². The van der Waals surface area contributed by atoms with Crippen molar-refractivity contribution in [2.45, 2.75) is 26.7 Å². The first-order valence-corrected chi connectivity index (χ1v) is 10.5. The van der Waals surface area contributed by atoms with E-state index in [0.29, 0.717) is 12.7 Å². The molecule has 2 aromatic heterocycles. The van der Waals surface area contributed by atoms with Crippen molar-refractivity contribution in [1.82, 2.24) is 9.97 Å². The number of benzene rings is 1. The van der Waals surface area contributed by atoms with Crippen LogP contribution in [0, 0.1) is 0 Å². The summed E-state index contributed by atoms with van der Waals surface area (Å²) < 4.78 is 11.1. The van der Waals surface area contributed by atoms with Gasteiger partial charge < -0.3 is 9.47 Å². The Balaban J connectivity index is 0.000000701.